The molecule has 1 spiro atoms. The molecule has 1 fully saturated rings. The summed E-state index contributed by atoms with van der Waals surface area (Å²) >= 11 is 6.64. The normalized spacial score (nSPS) is 25.8. The van der Waals surface area contributed by atoms with Crippen LogP contribution in [0.15, 0.2) is 12.1 Å². The Labute approximate surface area is 191 Å². The average molecular weight is 439 g/mol. The van der Waals surface area contributed by atoms with Crippen molar-refractivity contribution in [3.8, 4) is 0 Å². The highest BCUT2D eigenvalue weighted by Crippen LogP contribution is 2.49. The summed E-state index contributed by atoms with van der Waals surface area (Å²) in [5.74, 6) is 3.03. The second-order valence-corrected chi connectivity index (χ2v) is 10.5. The molecule has 2 unspecified atom stereocenters. The topological polar surface area (TPSA) is 55.0 Å². The van der Waals surface area contributed by atoms with Gasteiger partial charge in [-0.1, -0.05) is 25.4 Å². The maximum Gasteiger partial charge on any atom is 0.135 e. The van der Waals surface area contributed by atoms with Crippen LogP contribution < -0.4 is 10.6 Å². The molecule has 1 aliphatic heterocycles. The average Bonchev–Trinajstić information content (AvgIpc) is 2.98. The highest BCUT2D eigenvalue weighted by atomic mass is 35.5. The molecule has 0 amide bonds. The number of benzene rings is 1. The fourth-order valence-corrected chi connectivity index (χ4v) is 6.53. The highest BCUT2D eigenvalue weighted by molar-refractivity contribution is 6.31. The predicted octanol–water partition coefficient (Wildman–Crippen LogP) is 5.66. The van der Waals surface area contributed by atoms with Crippen LogP contribution in [0.25, 0.3) is 0 Å². The molecule has 5 rings (SSSR count). The van der Waals surface area contributed by atoms with Crippen molar-refractivity contribution < 1.29 is 0 Å². The molecule has 31 heavy (non-hydrogen) atoms. The zero-order valence-corrected chi connectivity index (χ0v) is 19.8. The minimum atomic E-state index is 0.115. The van der Waals surface area contributed by atoms with Crippen LogP contribution in [0.4, 0.5) is 11.5 Å². The van der Waals surface area contributed by atoms with Gasteiger partial charge in [0.15, 0.2) is 0 Å². The number of nitrogens with two attached hydrogens (primary N) is 1. The minimum absolute atomic E-state index is 0.115. The van der Waals surface area contributed by atoms with E-state index in [0.717, 1.165) is 67.6 Å². The van der Waals surface area contributed by atoms with E-state index < -0.39 is 0 Å². The fraction of sp³-hybridized carbons (Fsp3) is 0.615. The monoisotopic (exact) mass is 438 g/mol. The van der Waals surface area contributed by atoms with Crippen LogP contribution in [-0.2, 0) is 31.1 Å². The van der Waals surface area contributed by atoms with Crippen molar-refractivity contribution in [3.63, 3.8) is 0 Å². The van der Waals surface area contributed by atoms with E-state index >= 15 is 0 Å². The van der Waals surface area contributed by atoms with E-state index in [1.54, 1.807) is 0 Å². The first-order chi connectivity index (χ1) is 15.0. The van der Waals surface area contributed by atoms with Crippen LogP contribution in [0.1, 0.15) is 80.6 Å². The van der Waals surface area contributed by atoms with E-state index in [1.807, 2.05) is 6.07 Å². The first-order valence-electron chi connectivity index (χ1n) is 12.2. The Kier molecular flexibility index (Phi) is 5.62. The molecular weight excluding hydrogens is 404 g/mol. The maximum atomic E-state index is 6.64. The number of nitrogens with zero attached hydrogens (tertiary/aromatic N) is 3. The third-order valence-corrected chi connectivity index (χ3v) is 8.32. The van der Waals surface area contributed by atoms with E-state index in [2.05, 4.69) is 24.8 Å². The quantitative estimate of drug-likeness (QED) is 0.614. The lowest BCUT2D eigenvalue weighted by atomic mass is 9.62. The van der Waals surface area contributed by atoms with Crippen LogP contribution in [0.2, 0.25) is 5.02 Å². The van der Waals surface area contributed by atoms with Crippen LogP contribution in [-0.4, -0.2) is 23.1 Å². The Bertz CT molecular complexity index is 988. The minimum Gasteiger partial charge on any atom is -0.399 e. The third kappa shape index (κ3) is 3.82. The Morgan fingerprint density at radius 1 is 1.10 bits per heavy atom. The summed E-state index contributed by atoms with van der Waals surface area (Å²) < 4.78 is 0. The largest absolute Gasteiger partial charge is 0.399 e. The van der Waals surface area contributed by atoms with Crippen molar-refractivity contribution in [1.82, 2.24) is 9.97 Å². The van der Waals surface area contributed by atoms with E-state index in [0.29, 0.717) is 0 Å². The van der Waals surface area contributed by atoms with Crippen LogP contribution in [0.5, 0.6) is 0 Å². The second-order valence-electron chi connectivity index (χ2n) is 10.1. The van der Waals surface area contributed by atoms with Crippen LogP contribution in [0.3, 0.4) is 0 Å². The predicted molar refractivity (Wildman–Crippen MR) is 129 cm³/mol. The third-order valence-electron chi connectivity index (χ3n) is 7.98. The van der Waals surface area contributed by atoms with Gasteiger partial charge in [-0.2, -0.15) is 0 Å². The Balaban J connectivity index is 1.56. The fourth-order valence-electron chi connectivity index (χ4n) is 6.20. The molecule has 2 aromatic rings. The number of halogens is 1. The first-order valence-corrected chi connectivity index (χ1v) is 12.6. The van der Waals surface area contributed by atoms with E-state index in [1.165, 1.54) is 60.3 Å². The highest BCUT2D eigenvalue weighted by Gasteiger charge is 2.42. The number of rotatable bonds is 2. The number of aromatic nitrogens is 2. The van der Waals surface area contributed by atoms with Crippen molar-refractivity contribution >= 4 is 23.1 Å². The van der Waals surface area contributed by atoms with E-state index in [4.69, 9.17) is 27.3 Å². The Hall–Kier alpha value is -1.81. The van der Waals surface area contributed by atoms with Gasteiger partial charge >= 0.3 is 0 Å². The molecule has 5 heteroatoms. The lowest BCUT2D eigenvalue weighted by Crippen LogP contribution is -2.39. The van der Waals surface area contributed by atoms with Gasteiger partial charge in [0.25, 0.3) is 0 Å². The van der Waals surface area contributed by atoms with Gasteiger partial charge in [0.1, 0.15) is 11.6 Å². The summed E-state index contributed by atoms with van der Waals surface area (Å²) in [5, 5.41) is 0.844. The molecule has 2 atom stereocenters. The van der Waals surface area contributed by atoms with E-state index in [-0.39, 0.29) is 5.41 Å². The number of nitrogen functional groups attached to an aromatic ring is 1. The van der Waals surface area contributed by atoms with Crippen molar-refractivity contribution in [2.45, 2.75) is 83.5 Å². The van der Waals surface area contributed by atoms with Crippen molar-refractivity contribution in [1.29, 1.82) is 0 Å². The van der Waals surface area contributed by atoms with Crippen molar-refractivity contribution in [2.24, 2.45) is 5.92 Å². The summed E-state index contributed by atoms with van der Waals surface area (Å²) in [4.78, 5) is 12.7. The molecule has 3 aliphatic rings. The molecule has 2 aliphatic carbocycles. The molecule has 0 saturated carbocycles. The van der Waals surface area contributed by atoms with Gasteiger partial charge in [0.05, 0.1) is 5.69 Å². The van der Waals surface area contributed by atoms with Crippen molar-refractivity contribution in [2.75, 3.05) is 23.7 Å². The van der Waals surface area contributed by atoms with Crippen molar-refractivity contribution in [3.05, 3.63) is 45.4 Å². The standard InChI is InChI=1S/C26H35ClN4/c1-3-24-29-23-16-26(10-4-7-19-21(26)14-18(28)15-22(19)27)11-8-20(23)25(30-24)31-12-5-6-17(2)9-13-31/h14-15,17H,3-13,16,28H2,1-2H3. The second kappa shape index (κ2) is 8.27. The summed E-state index contributed by atoms with van der Waals surface area (Å²) in [5.41, 5.74) is 12.5. The van der Waals surface area contributed by atoms with Crippen LogP contribution in [0, 0.1) is 5.92 Å². The van der Waals surface area contributed by atoms with Gasteiger partial charge in [0, 0.05) is 41.2 Å². The smallest absolute Gasteiger partial charge is 0.135 e. The zero-order valence-electron chi connectivity index (χ0n) is 19.0. The molecule has 4 nitrogen and oxygen atoms in total. The number of aryl methyl sites for hydroxylation is 1. The molecule has 2 heterocycles. The Morgan fingerprint density at radius 2 is 1.97 bits per heavy atom. The van der Waals surface area contributed by atoms with Gasteiger partial charge in [-0.25, -0.2) is 9.97 Å². The molecule has 0 radical (unpaired) electrons. The molecule has 1 saturated heterocycles. The molecular formula is C26H35ClN4. The van der Waals surface area contributed by atoms with E-state index in [9.17, 15) is 0 Å². The van der Waals surface area contributed by atoms with Crippen LogP contribution >= 0.6 is 11.6 Å². The Morgan fingerprint density at radius 3 is 2.81 bits per heavy atom. The summed E-state index contributed by atoms with van der Waals surface area (Å²) in [6, 6.07) is 4.12. The lowest BCUT2D eigenvalue weighted by molar-refractivity contribution is 0.312. The SMILES string of the molecule is CCc1nc2c(c(N3CCCC(C)CC3)n1)CCC1(CCCc3c(Cl)cc(N)cc31)C2. The maximum absolute atomic E-state index is 6.64. The molecule has 166 valence electrons. The molecule has 0 bridgehead atoms. The molecule has 1 aromatic heterocycles. The molecule has 1 aromatic carbocycles. The number of hydrogen-bond donors (Lipinski definition) is 1. The summed E-state index contributed by atoms with van der Waals surface area (Å²) in [6.45, 7) is 6.80. The van der Waals surface area contributed by atoms with Gasteiger partial charge in [-0.3, -0.25) is 0 Å². The van der Waals surface area contributed by atoms with Gasteiger partial charge in [-0.15, -0.1) is 0 Å². The zero-order chi connectivity index (χ0) is 21.6. The number of anilines is 2. The number of fused-ring (bicyclic) bond motifs is 3. The molecule has 2 N–H and O–H groups in total. The first kappa shape index (κ1) is 21.1. The van der Waals surface area contributed by atoms with Gasteiger partial charge in [0.2, 0.25) is 0 Å². The van der Waals surface area contributed by atoms with Gasteiger partial charge in [-0.05, 0) is 87.0 Å². The van der Waals surface area contributed by atoms with Gasteiger partial charge < -0.3 is 10.6 Å². The summed E-state index contributed by atoms with van der Waals surface area (Å²) in [7, 11) is 0. The number of hydrogen-bond acceptors (Lipinski definition) is 4. The summed E-state index contributed by atoms with van der Waals surface area (Å²) in [6.07, 6.45) is 11.3. The lowest BCUT2D eigenvalue weighted by Gasteiger charge is -2.43.